The average Bonchev–Trinajstić information content (AvgIpc) is 2.69. The molecule has 1 nitrogen and oxygen atoms in total. The minimum atomic E-state index is -0.178. The molecule has 0 fully saturated rings. The summed E-state index contributed by atoms with van der Waals surface area (Å²) in [5.74, 6) is 0.282. The van der Waals surface area contributed by atoms with E-state index in [1.165, 1.54) is 28.8 Å². The fourth-order valence-corrected chi connectivity index (χ4v) is 4.07. The van der Waals surface area contributed by atoms with Gasteiger partial charge in [-0.25, -0.2) is 4.39 Å². The van der Waals surface area contributed by atoms with E-state index in [1.807, 2.05) is 12.1 Å². The molecule has 1 aliphatic rings. The van der Waals surface area contributed by atoms with Gasteiger partial charge in [-0.3, -0.25) is 0 Å². The van der Waals surface area contributed by atoms with E-state index < -0.39 is 0 Å². The average molecular weight is 345 g/mol. The van der Waals surface area contributed by atoms with Crippen molar-refractivity contribution < 1.29 is 4.39 Å². The van der Waals surface area contributed by atoms with Gasteiger partial charge >= 0.3 is 0 Å². The first-order chi connectivity index (χ1) is 12.8. The molecular weight excluding hydrogens is 321 g/mol. The zero-order valence-electron chi connectivity index (χ0n) is 14.9. The van der Waals surface area contributed by atoms with Crippen molar-refractivity contribution >= 4 is 0 Å². The predicted molar refractivity (Wildman–Crippen MR) is 105 cm³/mol. The van der Waals surface area contributed by atoms with Gasteiger partial charge in [0.15, 0.2) is 0 Å². The highest BCUT2D eigenvalue weighted by molar-refractivity contribution is 5.36. The summed E-state index contributed by atoms with van der Waals surface area (Å²) in [6, 6.07) is 26.8. The van der Waals surface area contributed by atoms with Crippen LogP contribution in [0.3, 0.4) is 0 Å². The van der Waals surface area contributed by atoms with E-state index in [0.717, 1.165) is 31.4 Å². The van der Waals surface area contributed by atoms with Crippen molar-refractivity contribution in [2.45, 2.75) is 37.8 Å². The van der Waals surface area contributed by atoms with Crippen LogP contribution >= 0.6 is 0 Å². The molecule has 2 unspecified atom stereocenters. The largest absolute Gasteiger partial charge is 0.309 e. The van der Waals surface area contributed by atoms with Gasteiger partial charge in [0.2, 0.25) is 0 Å². The lowest BCUT2D eigenvalue weighted by molar-refractivity contribution is 0.383. The molecule has 1 aliphatic carbocycles. The van der Waals surface area contributed by atoms with Gasteiger partial charge in [-0.2, -0.15) is 0 Å². The van der Waals surface area contributed by atoms with Crippen molar-refractivity contribution in [3.05, 3.63) is 107 Å². The van der Waals surface area contributed by atoms with E-state index in [2.05, 4.69) is 59.9 Å². The molecule has 0 aliphatic heterocycles. The molecule has 0 amide bonds. The van der Waals surface area contributed by atoms with Crippen LogP contribution in [0.15, 0.2) is 78.9 Å². The predicted octanol–water partition coefficient (Wildman–Crippen LogP) is 5.26. The second-order valence-electron chi connectivity index (χ2n) is 7.15. The minimum absolute atomic E-state index is 0.178. The number of nitrogens with one attached hydrogen (secondary N) is 1. The fraction of sp³-hybridized carbons (Fsp3) is 0.250. The Labute approximate surface area is 154 Å². The second kappa shape index (κ2) is 7.84. The topological polar surface area (TPSA) is 12.0 Å². The van der Waals surface area contributed by atoms with Crippen molar-refractivity contribution in [3.63, 3.8) is 0 Å². The van der Waals surface area contributed by atoms with Gasteiger partial charge in [0, 0.05) is 18.5 Å². The maximum absolute atomic E-state index is 13.1. The summed E-state index contributed by atoms with van der Waals surface area (Å²) in [6.07, 6.45) is 3.29. The quantitative estimate of drug-likeness (QED) is 0.665. The zero-order chi connectivity index (χ0) is 17.8. The van der Waals surface area contributed by atoms with Gasteiger partial charge in [-0.15, -0.1) is 0 Å². The van der Waals surface area contributed by atoms with E-state index in [9.17, 15) is 4.39 Å². The lowest BCUT2D eigenvalue weighted by Crippen LogP contribution is -2.39. The third-order valence-electron chi connectivity index (χ3n) is 5.45. The highest BCUT2D eigenvalue weighted by atomic mass is 19.1. The van der Waals surface area contributed by atoms with Crippen molar-refractivity contribution in [3.8, 4) is 0 Å². The number of rotatable bonds is 5. The van der Waals surface area contributed by atoms with Crippen molar-refractivity contribution in [2.24, 2.45) is 0 Å². The Bertz CT molecular complexity index is 842. The Hall–Kier alpha value is -2.45. The molecule has 0 radical (unpaired) electrons. The lowest BCUT2D eigenvalue weighted by atomic mass is 9.76. The van der Waals surface area contributed by atoms with Crippen LogP contribution in [0.25, 0.3) is 0 Å². The maximum atomic E-state index is 13.1. The van der Waals surface area contributed by atoms with E-state index in [1.54, 1.807) is 0 Å². The Morgan fingerprint density at radius 1 is 0.808 bits per heavy atom. The van der Waals surface area contributed by atoms with Crippen LogP contribution in [0, 0.1) is 5.82 Å². The highest BCUT2D eigenvalue weighted by Gasteiger charge is 2.29. The summed E-state index contributed by atoms with van der Waals surface area (Å²) in [7, 11) is 0. The molecule has 0 bridgehead atoms. The summed E-state index contributed by atoms with van der Waals surface area (Å²) < 4.78 is 13.1. The van der Waals surface area contributed by atoms with Crippen LogP contribution in [0.2, 0.25) is 0 Å². The number of benzene rings is 3. The molecule has 3 aromatic rings. The normalized spacial score (nSPS) is 19.1. The number of hydrogen-bond acceptors (Lipinski definition) is 1. The summed E-state index contributed by atoms with van der Waals surface area (Å²) in [5, 5.41) is 3.75. The maximum Gasteiger partial charge on any atom is 0.123 e. The molecular formula is C24H24FN. The standard InChI is InChI=1S/C24H24FN/c25-21-13-10-19(11-14-21)17-26-24-15-12-20-8-4-5-9-22(20)23(24)16-18-6-2-1-3-7-18/h1-11,13-14,23-24,26H,12,15-17H2. The van der Waals surface area contributed by atoms with Crippen LogP contribution < -0.4 is 5.32 Å². The molecule has 132 valence electrons. The summed E-state index contributed by atoms with van der Waals surface area (Å²) in [4.78, 5) is 0. The van der Waals surface area contributed by atoms with E-state index in [4.69, 9.17) is 0 Å². The number of fused-ring (bicyclic) bond motifs is 1. The molecule has 0 saturated heterocycles. The molecule has 0 aromatic heterocycles. The Morgan fingerprint density at radius 2 is 1.54 bits per heavy atom. The van der Waals surface area contributed by atoms with Crippen LogP contribution in [-0.4, -0.2) is 6.04 Å². The van der Waals surface area contributed by atoms with Gasteiger partial charge in [0.1, 0.15) is 5.82 Å². The Balaban J connectivity index is 1.55. The Morgan fingerprint density at radius 3 is 2.35 bits per heavy atom. The molecule has 4 rings (SSSR count). The van der Waals surface area contributed by atoms with Crippen LogP contribution in [0.1, 0.15) is 34.6 Å². The second-order valence-corrected chi connectivity index (χ2v) is 7.15. The molecule has 0 saturated carbocycles. The third-order valence-corrected chi connectivity index (χ3v) is 5.45. The molecule has 0 spiro atoms. The van der Waals surface area contributed by atoms with Crippen molar-refractivity contribution in [1.82, 2.24) is 5.32 Å². The van der Waals surface area contributed by atoms with Gasteiger partial charge in [-0.05, 0) is 53.6 Å². The number of aryl methyl sites for hydroxylation is 1. The SMILES string of the molecule is Fc1ccc(CNC2CCc3ccccc3C2Cc2ccccc2)cc1. The van der Waals surface area contributed by atoms with Gasteiger partial charge in [0.25, 0.3) is 0 Å². The van der Waals surface area contributed by atoms with Crippen molar-refractivity contribution in [1.29, 1.82) is 0 Å². The molecule has 2 atom stereocenters. The number of hydrogen-bond donors (Lipinski definition) is 1. The first kappa shape index (κ1) is 17.0. The molecule has 0 heterocycles. The fourth-order valence-electron chi connectivity index (χ4n) is 4.07. The molecule has 26 heavy (non-hydrogen) atoms. The highest BCUT2D eigenvalue weighted by Crippen LogP contribution is 2.34. The van der Waals surface area contributed by atoms with Gasteiger partial charge in [-0.1, -0.05) is 66.7 Å². The molecule has 1 N–H and O–H groups in total. The summed E-state index contributed by atoms with van der Waals surface area (Å²) in [5.41, 5.74) is 5.46. The van der Waals surface area contributed by atoms with Crippen LogP contribution in [-0.2, 0) is 19.4 Å². The van der Waals surface area contributed by atoms with Gasteiger partial charge in [0.05, 0.1) is 0 Å². The zero-order valence-corrected chi connectivity index (χ0v) is 14.9. The van der Waals surface area contributed by atoms with Crippen LogP contribution in [0.5, 0.6) is 0 Å². The first-order valence-corrected chi connectivity index (χ1v) is 9.39. The minimum Gasteiger partial charge on any atom is -0.309 e. The smallest absolute Gasteiger partial charge is 0.123 e. The summed E-state index contributed by atoms with van der Waals surface area (Å²) >= 11 is 0. The molecule has 2 heteroatoms. The van der Waals surface area contributed by atoms with Crippen molar-refractivity contribution in [2.75, 3.05) is 0 Å². The lowest BCUT2D eigenvalue weighted by Gasteiger charge is -2.35. The number of halogens is 1. The third kappa shape index (κ3) is 3.86. The van der Waals surface area contributed by atoms with Gasteiger partial charge < -0.3 is 5.32 Å². The van der Waals surface area contributed by atoms with E-state index >= 15 is 0 Å². The van der Waals surface area contributed by atoms with E-state index in [-0.39, 0.29) is 5.82 Å². The van der Waals surface area contributed by atoms with E-state index in [0.29, 0.717) is 12.0 Å². The summed E-state index contributed by atoms with van der Waals surface area (Å²) in [6.45, 7) is 0.776. The molecule has 3 aromatic carbocycles. The first-order valence-electron chi connectivity index (χ1n) is 9.39. The Kier molecular flexibility index (Phi) is 5.12. The monoisotopic (exact) mass is 345 g/mol. The van der Waals surface area contributed by atoms with Crippen LogP contribution in [0.4, 0.5) is 4.39 Å².